The summed E-state index contributed by atoms with van der Waals surface area (Å²) in [5.41, 5.74) is 0.703. The molecule has 0 radical (unpaired) electrons. The molecule has 1 aliphatic rings. The Hall–Kier alpha value is -2.58. The smallest absolute Gasteiger partial charge is 0.269 e. The van der Waals surface area contributed by atoms with Crippen LogP contribution >= 0.6 is 0 Å². The molecular formula is C18H22N2O6. The predicted molar refractivity (Wildman–Crippen MR) is 95.2 cm³/mol. The standard InChI is InChI=1S/C18H22N2O6/c1-13-8-15(4-7-17(13)20(25)26)10-18(11-21,12-22)9-14-2-5-16(6-3-14)19(23)24/h2-8,13,17,21-22H,9-12H2,1H3. The predicted octanol–water partition coefficient (Wildman–Crippen LogP) is 2.28. The number of nitro groups is 2. The summed E-state index contributed by atoms with van der Waals surface area (Å²) in [6, 6.07) is 5.21. The number of nitrogens with zero attached hydrogens (tertiary/aromatic N) is 2. The molecule has 1 aliphatic carbocycles. The number of nitro benzene ring substituents is 1. The van der Waals surface area contributed by atoms with Gasteiger partial charge in [-0.25, -0.2) is 0 Å². The van der Waals surface area contributed by atoms with Crippen molar-refractivity contribution in [1.29, 1.82) is 0 Å². The van der Waals surface area contributed by atoms with Gasteiger partial charge in [0.1, 0.15) is 0 Å². The lowest BCUT2D eigenvalue weighted by atomic mass is 9.76. The summed E-state index contributed by atoms with van der Waals surface area (Å²) in [7, 11) is 0. The van der Waals surface area contributed by atoms with Crippen molar-refractivity contribution in [3.05, 3.63) is 73.9 Å². The Bertz CT molecular complexity index is 722. The summed E-state index contributed by atoms with van der Waals surface area (Å²) in [5.74, 6) is -0.278. The second kappa shape index (κ2) is 8.20. The Morgan fingerprint density at radius 1 is 1.08 bits per heavy atom. The lowest BCUT2D eigenvalue weighted by molar-refractivity contribution is -0.515. The van der Waals surface area contributed by atoms with E-state index in [1.807, 2.05) is 0 Å². The van der Waals surface area contributed by atoms with Crippen molar-refractivity contribution in [2.75, 3.05) is 13.2 Å². The number of benzene rings is 1. The Morgan fingerprint density at radius 2 is 1.69 bits per heavy atom. The second-order valence-electron chi connectivity index (χ2n) is 6.83. The zero-order chi connectivity index (χ0) is 19.3. The molecule has 26 heavy (non-hydrogen) atoms. The fourth-order valence-corrected chi connectivity index (χ4v) is 3.21. The molecule has 0 amide bonds. The zero-order valence-corrected chi connectivity index (χ0v) is 14.4. The van der Waals surface area contributed by atoms with Gasteiger partial charge in [-0.3, -0.25) is 20.2 Å². The molecule has 0 bridgehead atoms. The van der Waals surface area contributed by atoms with Crippen LogP contribution in [0.1, 0.15) is 18.9 Å². The number of allylic oxidation sites excluding steroid dienone is 2. The van der Waals surface area contributed by atoms with E-state index < -0.39 is 16.4 Å². The maximum atomic E-state index is 11.0. The molecule has 0 spiro atoms. The summed E-state index contributed by atoms with van der Waals surface area (Å²) >= 11 is 0. The van der Waals surface area contributed by atoms with E-state index in [1.165, 1.54) is 18.2 Å². The molecule has 8 heteroatoms. The van der Waals surface area contributed by atoms with Gasteiger partial charge in [0.15, 0.2) is 0 Å². The van der Waals surface area contributed by atoms with E-state index in [4.69, 9.17) is 0 Å². The molecule has 2 unspecified atom stereocenters. The Balaban J connectivity index is 2.17. The molecule has 2 rings (SSSR count). The average Bonchev–Trinajstić information content (AvgIpc) is 2.61. The molecule has 140 valence electrons. The van der Waals surface area contributed by atoms with Gasteiger partial charge in [-0.15, -0.1) is 0 Å². The van der Waals surface area contributed by atoms with E-state index in [0.29, 0.717) is 12.8 Å². The van der Waals surface area contributed by atoms with Crippen LogP contribution in [0, 0.1) is 31.6 Å². The number of aliphatic hydroxyl groups excluding tert-OH is 2. The molecule has 0 saturated heterocycles. The van der Waals surface area contributed by atoms with Crippen molar-refractivity contribution in [3.63, 3.8) is 0 Å². The van der Waals surface area contributed by atoms with Crippen LogP contribution in [-0.4, -0.2) is 39.3 Å². The van der Waals surface area contributed by atoms with Crippen molar-refractivity contribution in [1.82, 2.24) is 0 Å². The molecule has 1 aromatic rings. The summed E-state index contributed by atoms with van der Waals surface area (Å²) in [4.78, 5) is 20.9. The number of hydrogen-bond donors (Lipinski definition) is 2. The lowest BCUT2D eigenvalue weighted by Crippen LogP contribution is -2.34. The number of non-ortho nitro benzene ring substituents is 1. The van der Waals surface area contributed by atoms with Crippen LogP contribution in [0.3, 0.4) is 0 Å². The van der Waals surface area contributed by atoms with Crippen LogP contribution in [0.4, 0.5) is 5.69 Å². The van der Waals surface area contributed by atoms with Crippen LogP contribution < -0.4 is 0 Å². The molecule has 8 nitrogen and oxygen atoms in total. The Kier molecular flexibility index (Phi) is 6.23. The minimum atomic E-state index is -0.854. The molecule has 0 aromatic heterocycles. The third kappa shape index (κ3) is 4.53. The minimum Gasteiger partial charge on any atom is -0.396 e. The highest BCUT2D eigenvalue weighted by molar-refractivity contribution is 5.34. The molecule has 0 saturated carbocycles. The van der Waals surface area contributed by atoms with E-state index in [2.05, 4.69) is 0 Å². The van der Waals surface area contributed by atoms with Gasteiger partial charge in [0.2, 0.25) is 6.04 Å². The molecular weight excluding hydrogens is 340 g/mol. The van der Waals surface area contributed by atoms with E-state index in [9.17, 15) is 30.4 Å². The molecule has 0 heterocycles. The fourth-order valence-electron chi connectivity index (χ4n) is 3.21. The fraction of sp³-hybridized carbons (Fsp3) is 0.444. The number of hydrogen-bond acceptors (Lipinski definition) is 6. The highest BCUT2D eigenvalue weighted by atomic mass is 16.6. The SMILES string of the molecule is CC1C=C(CC(CO)(CO)Cc2ccc([N+](=O)[O-])cc2)C=CC1[N+](=O)[O-]. The van der Waals surface area contributed by atoms with Crippen LogP contribution in [0.2, 0.25) is 0 Å². The third-order valence-corrected chi connectivity index (χ3v) is 4.74. The van der Waals surface area contributed by atoms with Crippen molar-refractivity contribution >= 4 is 5.69 Å². The maximum absolute atomic E-state index is 11.0. The number of rotatable bonds is 8. The Morgan fingerprint density at radius 3 is 2.15 bits per heavy atom. The topological polar surface area (TPSA) is 127 Å². The van der Waals surface area contributed by atoms with Crippen molar-refractivity contribution in [2.45, 2.75) is 25.8 Å². The first-order chi connectivity index (χ1) is 12.3. The summed E-state index contributed by atoms with van der Waals surface area (Å²) in [6.45, 7) is 1.20. The monoisotopic (exact) mass is 362 g/mol. The first-order valence-corrected chi connectivity index (χ1v) is 8.28. The van der Waals surface area contributed by atoms with Crippen molar-refractivity contribution < 1.29 is 20.1 Å². The highest BCUT2D eigenvalue weighted by Gasteiger charge is 2.33. The van der Waals surface area contributed by atoms with Gasteiger partial charge < -0.3 is 10.2 Å². The molecule has 0 fully saturated rings. The van der Waals surface area contributed by atoms with Gasteiger partial charge in [0.25, 0.3) is 5.69 Å². The van der Waals surface area contributed by atoms with Crippen LogP contribution in [0.25, 0.3) is 0 Å². The van der Waals surface area contributed by atoms with Gasteiger partial charge in [-0.1, -0.05) is 36.8 Å². The lowest BCUT2D eigenvalue weighted by Gasteiger charge is -2.31. The first-order valence-electron chi connectivity index (χ1n) is 8.28. The zero-order valence-electron chi connectivity index (χ0n) is 14.4. The van der Waals surface area contributed by atoms with E-state index in [1.54, 1.807) is 31.2 Å². The maximum Gasteiger partial charge on any atom is 0.269 e. The highest BCUT2D eigenvalue weighted by Crippen LogP contribution is 2.33. The summed E-state index contributed by atoms with van der Waals surface area (Å²) in [5, 5.41) is 41.5. The van der Waals surface area contributed by atoms with Gasteiger partial charge in [0.05, 0.1) is 18.1 Å². The third-order valence-electron chi connectivity index (χ3n) is 4.74. The minimum absolute atomic E-state index is 0.0232. The summed E-state index contributed by atoms with van der Waals surface area (Å²) in [6.07, 6.45) is 5.68. The van der Waals surface area contributed by atoms with Gasteiger partial charge >= 0.3 is 0 Å². The molecule has 2 atom stereocenters. The molecule has 2 N–H and O–H groups in total. The van der Waals surface area contributed by atoms with E-state index in [-0.39, 0.29) is 29.7 Å². The van der Waals surface area contributed by atoms with Gasteiger partial charge in [-0.2, -0.15) is 0 Å². The Labute approximate surface area is 150 Å². The van der Waals surface area contributed by atoms with E-state index >= 15 is 0 Å². The quantitative estimate of drug-likeness (QED) is 0.539. The second-order valence-corrected chi connectivity index (χ2v) is 6.83. The van der Waals surface area contributed by atoms with Crippen LogP contribution in [-0.2, 0) is 6.42 Å². The number of aliphatic hydroxyl groups is 2. The summed E-state index contributed by atoms with van der Waals surface area (Å²) < 4.78 is 0. The van der Waals surface area contributed by atoms with E-state index in [0.717, 1.165) is 11.1 Å². The van der Waals surface area contributed by atoms with Gasteiger partial charge in [-0.05, 0) is 24.5 Å². The van der Waals surface area contributed by atoms with Crippen LogP contribution in [0.5, 0.6) is 0 Å². The molecule has 0 aliphatic heterocycles. The van der Waals surface area contributed by atoms with Gasteiger partial charge in [0, 0.05) is 28.4 Å². The average molecular weight is 362 g/mol. The van der Waals surface area contributed by atoms with Crippen molar-refractivity contribution in [3.8, 4) is 0 Å². The first kappa shape index (κ1) is 19.7. The van der Waals surface area contributed by atoms with Crippen molar-refractivity contribution in [2.24, 2.45) is 11.3 Å². The normalized spacial score (nSPS) is 19.9. The van der Waals surface area contributed by atoms with Crippen LogP contribution in [0.15, 0.2) is 48.1 Å². The largest absolute Gasteiger partial charge is 0.396 e. The molecule has 1 aromatic carbocycles.